The van der Waals surface area contributed by atoms with Crippen molar-refractivity contribution in [1.29, 1.82) is 0 Å². The minimum Gasteiger partial charge on any atom is -0.253 e. The molecule has 0 aromatic heterocycles. The molecular formula is C67H46N2. The van der Waals surface area contributed by atoms with Gasteiger partial charge in [-0.1, -0.05) is 267 Å². The van der Waals surface area contributed by atoms with Crippen LogP contribution in [0, 0.1) is 0 Å². The van der Waals surface area contributed by atoms with Crippen LogP contribution in [0.5, 0.6) is 0 Å². The van der Waals surface area contributed by atoms with Crippen molar-refractivity contribution in [3.63, 3.8) is 0 Å². The van der Waals surface area contributed by atoms with Crippen LogP contribution in [-0.4, -0.2) is 11.5 Å². The molecule has 2 unspecified atom stereocenters. The van der Waals surface area contributed by atoms with E-state index in [0.717, 1.165) is 44.7 Å². The number of aliphatic imine (C=N–C) groups is 2. The standard InChI is InChI=1S/C67H46N2/c1-45-63(50-41-37-48(38-42-50)46-21-6-2-7-22-46)68-65(69-64(45)51-43-39-49(40-44-51)47-23-8-3-9-24-47)56-30-15-17-33-58(56)66(52-25-10-4-11-26-52)59-34-18-19-35-60(59)67(53-27-12-5-13-28-53)57-32-16-14-29-54(57)55-31-20-36-61(66)62(55)67/h2-44,63H,1H2/t63-,66?,67?/m1/s1. The smallest absolute Gasteiger partial charge is 0.156 e. The highest BCUT2D eigenvalue weighted by Crippen LogP contribution is 2.66. The number of rotatable bonds is 8. The first-order valence-corrected chi connectivity index (χ1v) is 23.9. The van der Waals surface area contributed by atoms with Gasteiger partial charge in [-0.3, -0.25) is 4.99 Å². The van der Waals surface area contributed by atoms with E-state index in [1.54, 1.807) is 0 Å². The van der Waals surface area contributed by atoms with Crippen molar-refractivity contribution >= 4 is 11.5 Å². The molecule has 1 aliphatic heterocycles. The Balaban J connectivity index is 1.08. The number of benzene rings is 10. The SMILES string of the molecule is C=C1C(c2ccc(-c3ccccc3)cc2)=NC(c2ccccc2C2(c3ccccc3)c3ccccc3C3(c4ccccc4)c4ccccc4-c4cccc2c43)=N[C@H]1c1ccc(-c2ccccc2)cc1. The van der Waals surface area contributed by atoms with Crippen LogP contribution in [0.2, 0.25) is 0 Å². The number of hydrogen-bond acceptors (Lipinski definition) is 2. The molecule has 69 heavy (non-hydrogen) atoms. The van der Waals surface area contributed by atoms with Crippen LogP contribution in [0.1, 0.15) is 67.2 Å². The molecular weight excluding hydrogens is 833 g/mol. The van der Waals surface area contributed by atoms with E-state index in [4.69, 9.17) is 16.6 Å². The summed E-state index contributed by atoms with van der Waals surface area (Å²) >= 11 is 0. The van der Waals surface area contributed by atoms with Crippen LogP contribution in [-0.2, 0) is 10.8 Å². The highest BCUT2D eigenvalue weighted by molar-refractivity contribution is 6.22. The van der Waals surface area contributed by atoms with Crippen LogP contribution in [0.25, 0.3) is 33.4 Å². The van der Waals surface area contributed by atoms with Crippen molar-refractivity contribution in [3.05, 3.63) is 334 Å². The minimum atomic E-state index is -0.781. The zero-order valence-corrected chi connectivity index (χ0v) is 38.0. The average Bonchev–Trinajstić information content (AvgIpc) is 3.74. The van der Waals surface area contributed by atoms with Gasteiger partial charge in [0.25, 0.3) is 0 Å². The molecule has 0 saturated carbocycles. The first kappa shape index (κ1) is 40.5. The summed E-state index contributed by atoms with van der Waals surface area (Å²) in [6, 6.07) is 94.7. The van der Waals surface area contributed by atoms with Crippen molar-refractivity contribution in [2.45, 2.75) is 16.9 Å². The minimum absolute atomic E-state index is 0.383. The summed E-state index contributed by atoms with van der Waals surface area (Å²) < 4.78 is 0. The van der Waals surface area contributed by atoms with Gasteiger partial charge in [-0.2, -0.15) is 0 Å². The van der Waals surface area contributed by atoms with Crippen LogP contribution < -0.4 is 0 Å². The molecule has 0 bridgehead atoms. The maximum Gasteiger partial charge on any atom is 0.156 e. The predicted octanol–water partition coefficient (Wildman–Crippen LogP) is 15.6. The first-order valence-electron chi connectivity index (χ1n) is 23.9. The van der Waals surface area contributed by atoms with Gasteiger partial charge >= 0.3 is 0 Å². The fourth-order valence-electron chi connectivity index (χ4n) is 12.0. The van der Waals surface area contributed by atoms with Gasteiger partial charge in [0.2, 0.25) is 0 Å². The monoisotopic (exact) mass is 878 g/mol. The van der Waals surface area contributed by atoms with E-state index in [2.05, 4.69) is 261 Å². The summed E-state index contributed by atoms with van der Waals surface area (Å²) in [7, 11) is 0. The summed E-state index contributed by atoms with van der Waals surface area (Å²) in [6.45, 7) is 4.80. The number of amidine groups is 1. The Hall–Kier alpha value is -8.72. The quantitative estimate of drug-likeness (QED) is 0.145. The molecule has 10 aromatic rings. The van der Waals surface area contributed by atoms with E-state index in [9.17, 15) is 0 Å². The lowest BCUT2D eigenvalue weighted by Gasteiger charge is -2.50. The zero-order valence-electron chi connectivity index (χ0n) is 38.0. The van der Waals surface area contributed by atoms with Gasteiger partial charge in [0.1, 0.15) is 6.04 Å². The molecule has 0 radical (unpaired) electrons. The number of nitrogens with zero attached hydrogens (tertiary/aromatic N) is 2. The Morgan fingerprint density at radius 1 is 0.319 bits per heavy atom. The third kappa shape index (κ3) is 6.12. The van der Waals surface area contributed by atoms with Crippen molar-refractivity contribution < 1.29 is 0 Å². The lowest BCUT2D eigenvalue weighted by atomic mass is 9.51. The fraction of sp³-hybridized carbons (Fsp3) is 0.0448. The second-order valence-corrected chi connectivity index (χ2v) is 18.4. The topological polar surface area (TPSA) is 24.7 Å². The van der Waals surface area contributed by atoms with Gasteiger partial charge in [-0.25, -0.2) is 4.99 Å². The molecule has 324 valence electrons. The Morgan fingerprint density at radius 2 is 0.725 bits per heavy atom. The summed E-state index contributed by atoms with van der Waals surface area (Å²) in [4.78, 5) is 11.4. The van der Waals surface area contributed by atoms with E-state index in [-0.39, 0.29) is 6.04 Å². The van der Waals surface area contributed by atoms with E-state index in [1.165, 1.54) is 61.2 Å². The molecule has 0 fully saturated rings. The van der Waals surface area contributed by atoms with Gasteiger partial charge in [-0.05, 0) is 83.5 Å². The largest absolute Gasteiger partial charge is 0.253 e. The molecule has 0 saturated heterocycles. The zero-order chi connectivity index (χ0) is 45.9. The van der Waals surface area contributed by atoms with Crippen molar-refractivity contribution in [2.24, 2.45) is 9.98 Å². The lowest BCUT2D eigenvalue weighted by molar-refractivity contribution is 0.626. The summed E-state index contributed by atoms with van der Waals surface area (Å²) in [5.74, 6) is 0.681. The summed E-state index contributed by atoms with van der Waals surface area (Å²) in [5.41, 5.74) is 20.6. The molecule has 0 N–H and O–H groups in total. The molecule has 2 nitrogen and oxygen atoms in total. The van der Waals surface area contributed by atoms with Crippen LogP contribution >= 0.6 is 0 Å². The molecule has 2 heteroatoms. The average molecular weight is 879 g/mol. The molecule has 1 heterocycles. The molecule has 0 amide bonds. The Labute approximate surface area is 404 Å². The predicted molar refractivity (Wildman–Crippen MR) is 284 cm³/mol. The van der Waals surface area contributed by atoms with Crippen LogP contribution in [0.3, 0.4) is 0 Å². The summed E-state index contributed by atoms with van der Waals surface area (Å²) in [5, 5.41) is 0. The maximum absolute atomic E-state index is 5.71. The lowest BCUT2D eigenvalue weighted by Crippen LogP contribution is -2.45. The molecule has 3 atom stereocenters. The van der Waals surface area contributed by atoms with Gasteiger partial charge in [-0.15, -0.1) is 0 Å². The van der Waals surface area contributed by atoms with Crippen LogP contribution in [0.4, 0.5) is 0 Å². The van der Waals surface area contributed by atoms with Gasteiger partial charge in [0.15, 0.2) is 5.84 Å². The van der Waals surface area contributed by atoms with Gasteiger partial charge in [0, 0.05) is 16.7 Å². The number of fused-ring (bicyclic) bond motifs is 5. The third-order valence-corrected chi connectivity index (χ3v) is 14.9. The Kier molecular flexibility index (Phi) is 9.55. The molecule has 2 aliphatic carbocycles. The summed E-state index contributed by atoms with van der Waals surface area (Å²) in [6.07, 6.45) is 0. The Morgan fingerprint density at radius 3 is 1.32 bits per heavy atom. The van der Waals surface area contributed by atoms with E-state index in [0.29, 0.717) is 5.84 Å². The van der Waals surface area contributed by atoms with Crippen molar-refractivity contribution in [3.8, 4) is 33.4 Å². The third-order valence-electron chi connectivity index (χ3n) is 14.9. The molecule has 0 spiro atoms. The fourth-order valence-corrected chi connectivity index (χ4v) is 12.0. The highest BCUT2D eigenvalue weighted by atomic mass is 15.0. The van der Waals surface area contributed by atoms with Gasteiger partial charge < -0.3 is 0 Å². The Bertz CT molecular complexity index is 3650. The van der Waals surface area contributed by atoms with E-state index >= 15 is 0 Å². The second-order valence-electron chi connectivity index (χ2n) is 18.4. The van der Waals surface area contributed by atoms with Crippen molar-refractivity contribution in [1.82, 2.24) is 0 Å². The molecule has 13 rings (SSSR count). The van der Waals surface area contributed by atoms with E-state index < -0.39 is 10.8 Å². The molecule has 10 aromatic carbocycles. The highest BCUT2D eigenvalue weighted by Gasteiger charge is 2.58. The second kappa shape index (κ2) is 16.3. The number of hydrogen-bond donors (Lipinski definition) is 0. The maximum atomic E-state index is 5.71. The molecule has 3 aliphatic rings. The van der Waals surface area contributed by atoms with E-state index in [1.807, 2.05) is 0 Å². The van der Waals surface area contributed by atoms with Crippen LogP contribution in [0.15, 0.2) is 283 Å². The first-order chi connectivity index (χ1) is 34.2. The van der Waals surface area contributed by atoms with Gasteiger partial charge in [0.05, 0.1) is 16.5 Å². The van der Waals surface area contributed by atoms with Crippen molar-refractivity contribution in [2.75, 3.05) is 0 Å². The normalized spacial score (nSPS) is 18.6.